The van der Waals surface area contributed by atoms with E-state index in [4.69, 9.17) is 39.5 Å². The van der Waals surface area contributed by atoms with Crippen molar-refractivity contribution in [3.8, 4) is 11.5 Å². The smallest absolute Gasteiger partial charge is 0.322 e. The summed E-state index contributed by atoms with van der Waals surface area (Å²) in [7, 11) is 0. The Morgan fingerprint density at radius 1 is 0.912 bits per heavy atom. The lowest BCUT2D eigenvalue weighted by Gasteiger charge is -2.38. The molecule has 3 aromatic carbocycles. The second-order valence-electron chi connectivity index (χ2n) is 8.74. The van der Waals surface area contributed by atoms with E-state index < -0.39 is 0 Å². The number of hydrogen-bond acceptors (Lipinski definition) is 3. The number of carbonyl (C=O) groups excluding carboxylic acids is 1. The second kappa shape index (κ2) is 9.67. The minimum atomic E-state index is -0.0734. The summed E-state index contributed by atoms with van der Waals surface area (Å²) in [5.74, 6) is 1.39. The largest absolute Gasteiger partial charge is 0.457 e. The third-order valence-electron chi connectivity index (χ3n) is 6.61. The molecular formula is C26H24Cl3N3O2. The van der Waals surface area contributed by atoms with Gasteiger partial charge in [0.1, 0.15) is 11.5 Å². The molecule has 5 nitrogen and oxygen atoms in total. The first-order valence-electron chi connectivity index (χ1n) is 11.2. The highest BCUT2D eigenvalue weighted by molar-refractivity contribution is 6.35. The number of fused-ring (bicyclic) bond motifs is 2. The number of anilines is 1. The van der Waals surface area contributed by atoms with E-state index in [0.717, 1.165) is 24.2 Å². The molecule has 3 aromatic rings. The molecule has 5 rings (SSSR count). The van der Waals surface area contributed by atoms with E-state index in [9.17, 15) is 4.79 Å². The standard InChI is InChI=1S/C26H24Cl3N3O2/c1-16(24-11-4-18(28)12-25(24)29)31-14-21-13-20(31)15-32(21)26(33)30-19-5-9-23(10-6-19)34-22-7-2-17(27)3-8-22/h2-12,16,20-21H,13-15H2,1H3,(H,30,33). The van der Waals surface area contributed by atoms with Crippen molar-refractivity contribution < 1.29 is 9.53 Å². The summed E-state index contributed by atoms with van der Waals surface area (Å²) in [6, 6.07) is 20.8. The molecule has 2 saturated heterocycles. The van der Waals surface area contributed by atoms with Crippen LogP contribution in [0.3, 0.4) is 0 Å². The van der Waals surface area contributed by atoms with Crippen LogP contribution in [-0.4, -0.2) is 41.0 Å². The Hall–Kier alpha value is -2.44. The first-order valence-corrected chi connectivity index (χ1v) is 12.3. The van der Waals surface area contributed by atoms with Crippen LogP contribution in [0.2, 0.25) is 15.1 Å². The van der Waals surface area contributed by atoms with Gasteiger partial charge in [0.05, 0.1) is 0 Å². The molecule has 2 aliphatic heterocycles. The lowest BCUT2D eigenvalue weighted by atomic mass is 10.1. The van der Waals surface area contributed by atoms with Crippen molar-refractivity contribution in [3.63, 3.8) is 0 Å². The van der Waals surface area contributed by atoms with Gasteiger partial charge < -0.3 is 15.0 Å². The predicted octanol–water partition coefficient (Wildman–Crippen LogP) is 7.49. The topological polar surface area (TPSA) is 44.8 Å². The van der Waals surface area contributed by atoms with Crippen molar-refractivity contribution in [2.75, 3.05) is 18.4 Å². The van der Waals surface area contributed by atoms with Gasteiger partial charge in [0, 0.05) is 52.0 Å². The molecule has 1 N–H and O–H groups in total. The summed E-state index contributed by atoms with van der Waals surface area (Å²) >= 11 is 18.4. The molecule has 0 saturated carbocycles. The van der Waals surface area contributed by atoms with Gasteiger partial charge in [0.2, 0.25) is 0 Å². The van der Waals surface area contributed by atoms with Crippen LogP contribution in [0.1, 0.15) is 24.9 Å². The number of carbonyl (C=O) groups is 1. The van der Waals surface area contributed by atoms with Crippen LogP contribution in [-0.2, 0) is 0 Å². The number of benzene rings is 3. The van der Waals surface area contributed by atoms with Crippen LogP contribution in [0.25, 0.3) is 0 Å². The molecule has 2 heterocycles. The predicted molar refractivity (Wildman–Crippen MR) is 137 cm³/mol. The normalized spacial score (nSPS) is 20.4. The van der Waals surface area contributed by atoms with Crippen LogP contribution in [0.15, 0.2) is 66.7 Å². The number of nitrogens with zero attached hydrogens (tertiary/aromatic N) is 2. The maximum absolute atomic E-state index is 13.0. The van der Waals surface area contributed by atoms with Crippen LogP contribution in [0.4, 0.5) is 10.5 Å². The maximum Gasteiger partial charge on any atom is 0.322 e. The minimum Gasteiger partial charge on any atom is -0.457 e. The molecule has 0 radical (unpaired) electrons. The second-order valence-corrected chi connectivity index (χ2v) is 10.0. The third-order valence-corrected chi connectivity index (χ3v) is 7.42. The summed E-state index contributed by atoms with van der Waals surface area (Å²) in [6.07, 6.45) is 0.969. The van der Waals surface area contributed by atoms with E-state index in [2.05, 4.69) is 17.1 Å². The maximum atomic E-state index is 13.0. The first-order chi connectivity index (χ1) is 16.4. The summed E-state index contributed by atoms with van der Waals surface area (Å²) in [5.41, 5.74) is 1.80. The Bertz CT molecular complexity index is 1190. The minimum absolute atomic E-state index is 0.0734. The SMILES string of the molecule is CC(c1ccc(Cl)cc1Cl)N1CC2CC1CN2C(=O)Nc1ccc(Oc2ccc(Cl)cc2)cc1. The first kappa shape index (κ1) is 23.3. The number of amides is 2. The van der Waals surface area contributed by atoms with Gasteiger partial charge in [-0.3, -0.25) is 4.90 Å². The number of rotatable bonds is 5. The van der Waals surface area contributed by atoms with E-state index >= 15 is 0 Å². The third kappa shape index (κ3) is 4.84. The van der Waals surface area contributed by atoms with Gasteiger partial charge in [-0.05, 0) is 79.6 Å². The Kier molecular flexibility index (Phi) is 6.63. The fourth-order valence-corrected chi connectivity index (χ4v) is 5.57. The van der Waals surface area contributed by atoms with E-state index in [1.165, 1.54) is 0 Å². The zero-order valence-electron chi connectivity index (χ0n) is 18.5. The molecule has 0 spiro atoms. The Morgan fingerprint density at radius 3 is 2.18 bits per heavy atom. The quantitative estimate of drug-likeness (QED) is 0.382. The van der Waals surface area contributed by atoms with E-state index in [0.29, 0.717) is 39.2 Å². The number of hydrogen-bond donors (Lipinski definition) is 1. The molecule has 2 amide bonds. The van der Waals surface area contributed by atoms with Gasteiger partial charge in [-0.2, -0.15) is 0 Å². The highest BCUT2D eigenvalue weighted by atomic mass is 35.5. The van der Waals surface area contributed by atoms with Crippen molar-refractivity contribution in [1.29, 1.82) is 0 Å². The zero-order chi connectivity index (χ0) is 23.8. The molecule has 176 valence electrons. The van der Waals surface area contributed by atoms with Gasteiger partial charge in [0.25, 0.3) is 0 Å². The van der Waals surface area contributed by atoms with Gasteiger partial charge in [0.15, 0.2) is 0 Å². The number of urea groups is 1. The fraction of sp³-hybridized carbons (Fsp3) is 0.269. The molecule has 2 aliphatic rings. The van der Waals surface area contributed by atoms with Crippen LogP contribution < -0.4 is 10.1 Å². The fourth-order valence-electron chi connectivity index (χ4n) is 4.88. The van der Waals surface area contributed by atoms with Gasteiger partial charge >= 0.3 is 6.03 Å². The summed E-state index contributed by atoms with van der Waals surface area (Å²) < 4.78 is 5.81. The molecule has 3 atom stereocenters. The highest BCUT2D eigenvalue weighted by Crippen LogP contribution is 2.39. The average molecular weight is 517 g/mol. The Morgan fingerprint density at radius 2 is 1.56 bits per heavy atom. The molecule has 8 heteroatoms. The monoisotopic (exact) mass is 515 g/mol. The molecule has 3 unspecified atom stereocenters. The molecule has 2 bridgehead atoms. The highest BCUT2D eigenvalue weighted by Gasteiger charge is 2.47. The number of halogens is 3. The van der Waals surface area contributed by atoms with Crippen LogP contribution in [0, 0.1) is 0 Å². The summed E-state index contributed by atoms with van der Waals surface area (Å²) in [6.45, 7) is 3.68. The average Bonchev–Trinajstić information content (AvgIpc) is 3.43. The van der Waals surface area contributed by atoms with Crippen molar-refractivity contribution in [3.05, 3.63) is 87.4 Å². The van der Waals surface area contributed by atoms with Crippen molar-refractivity contribution in [1.82, 2.24) is 9.80 Å². The summed E-state index contributed by atoms with van der Waals surface area (Å²) in [5, 5.41) is 4.99. The van der Waals surface area contributed by atoms with Crippen LogP contribution >= 0.6 is 34.8 Å². The lowest BCUT2D eigenvalue weighted by molar-refractivity contribution is 0.115. The van der Waals surface area contributed by atoms with Crippen LogP contribution in [0.5, 0.6) is 11.5 Å². The van der Waals surface area contributed by atoms with Crippen molar-refractivity contribution in [2.45, 2.75) is 31.5 Å². The molecule has 0 aromatic heterocycles. The number of ether oxygens (including phenoxy) is 1. The molecular weight excluding hydrogens is 493 g/mol. The van der Waals surface area contributed by atoms with Crippen molar-refractivity contribution in [2.24, 2.45) is 0 Å². The van der Waals surface area contributed by atoms with Crippen molar-refractivity contribution >= 4 is 46.5 Å². The molecule has 2 fully saturated rings. The number of nitrogens with one attached hydrogen (secondary N) is 1. The Labute approximate surface area is 214 Å². The van der Waals surface area contributed by atoms with E-state index in [1.807, 2.05) is 53.4 Å². The summed E-state index contributed by atoms with van der Waals surface area (Å²) in [4.78, 5) is 17.3. The van der Waals surface area contributed by atoms with Gasteiger partial charge in [-0.25, -0.2) is 4.79 Å². The van der Waals surface area contributed by atoms with Gasteiger partial charge in [-0.15, -0.1) is 0 Å². The molecule has 34 heavy (non-hydrogen) atoms. The molecule has 0 aliphatic carbocycles. The lowest BCUT2D eigenvalue weighted by Crippen LogP contribution is -2.50. The van der Waals surface area contributed by atoms with E-state index in [1.54, 1.807) is 18.2 Å². The van der Waals surface area contributed by atoms with Gasteiger partial charge in [-0.1, -0.05) is 40.9 Å². The zero-order valence-corrected chi connectivity index (χ0v) is 20.8. The van der Waals surface area contributed by atoms with E-state index in [-0.39, 0.29) is 18.1 Å². The number of piperazine rings is 1. The Balaban J connectivity index is 1.17. The number of likely N-dealkylation sites (tertiary alicyclic amines) is 2.